The molecule has 1 aliphatic heterocycles. The SMILES string of the molecule is CCC1(CC)C(=O)N(CC(O)Cc2cc(C(C)(C)C)c(O)c(C(C)(C)C)c2)C(=O)N(CC(O)Cc2cc(C(C)(C)C)c(O)c(C(C)(C)C)c2)C1=O. The number of β-amino-alcohol motifs (C(OH)–C–C–N with tert-alkyl or cyclic N) is 2. The first-order chi connectivity index (χ1) is 23.1. The third kappa shape index (κ3) is 8.79. The molecule has 1 aliphatic rings. The zero-order valence-electron chi connectivity index (χ0n) is 33.6. The molecule has 3 rings (SSSR count). The third-order valence-electron chi connectivity index (χ3n) is 10.3. The van der Waals surface area contributed by atoms with Gasteiger partial charge in [-0.15, -0.1) is 0 Å². The van der Waals surface area contributed by atoms with E-state index in [2.05, 4.69) is 0 Å². The van der Waals surface area contributed by atoms with Crippen LogP contribution in [0.15, 0.2) is 24.3 Å². The number of urea groups is 1. The van der Waals surface area contributed by atoms with Gasteiger partial charge in [0.15, 0.2) is 0 Å². The maximum atomic E-state index is 14.0. The fourth-order valence-corrected chi connectivity index (χ4v) is 7.11. The summed E-state index contributed by atoms with van der Waals surface area (Å²) in [6, 6.07) is 6.58. The van der Waals surface area contributed by atoms with Gasteiger partial charge in [-0.1, -0.05) is 121 Å². The molecule has 2 unspecified atom stereocenters. The van der Waals surface area contributed by atoms with Gasteiger partial charge < -0.3 is 20.4 Å². The highest BCUT2D eigenvalue weighted by atomic mass is 16.3. The summed E-state index contributed by atoms with van der Waals surface area (Å²) in [5, 5.41) is 45.2. The lowest BCUT2D eigenvalue weighted by Crippen LogP contribution is -2.66. The number of imide groups is 2. The number of phenolic OH excluding ortho intramolecular Hbond substituents is 2. The van der Waals surface area contributed by atoms with Crippen LogP contribution < -0.4 is 0 Å². The highest BCUT2D eigenvalue weighted by molar-refractivity contribution is 6.19. The fourth-order valence-electron chi connectivity index (χ4n) is 7.11. The van der Waals surface area contributed by atoms with Gasteiger partial charge in [-0.05, 0) is 67.9 Å². The maximum Gasteiger partial charge on any atom is 0.333 e. The van der Waals surface area contributed by atoms with Crippen LogP contribution in [0.4, 0.5) is 4.79 Å². The molecule has 0 radical (unpaired) electrons. The first-order valence-electron chi connectivity index (χ1n) is 18.4. The minimum absolute atomic E-state index is 0.110. The molecule has 1 saturated heterocycles. The molecule has 4 N–H and O–H groups in total. The van der Waals surface area contributed by atoms with Crippen molar-refractivity contribution in [2.75, 3.05) is 13.1 Å². The third-order valence-corrected chi connectivity index (χ3v) is 10.3. The van der Waals surface area contributed by atoms with Crippen molar-refractivity contribution in [2.45, 2.75) is 156 Å². The Morgan fingerprint density at radius 1 is 0.549 bits per heavy atom. The molecule has 2 atom stereocenters. The molecule has 9 heteroatoms. The monoisotopic (exact) mass is 708 g/mol. The fraction of sp³-hybridized carbons (Fsp3) is 0.643. The molecule has 2 aromatic carbocycles. The van der Waals surface area contributed by atoms with Crippen molar-refractivity contribution < 1.29 is 34.8 Å². The number of nitrogens with zero attached hydrogens (tertiary/aromatic N) is 2. The van der Waals surface area contributed by atoms with Gasteiger partial charge in [0.25, 0.3) is 0 Å². The Morgan fingerprint density at radius 2 is 0.804 bits per heavy atom. The van der Waals surface area contributed by atoms with E-state index in [0.717, 1.165) is 43.2 Å². The van der Waals surface area contributed by atoms with Crippen LogP contribution in [0, 0.1) is 5.41 Å². The molecule has 284 valence electrons. The van der Waals surface area contributed by atoms with E-state index in [9.17, 15) is 34.8 Å². The summed E-state index contributed by atoms with van der Waals surface area (Å²) in [6.07, 6.45) is -1.79. The topological polar surface area (TPSA) is 139 Å². The largest absolute Gasteiger partial charge is 0.507 e. The van der Waals surface area contributed by atoms with Gasteiger partial charge in [0.2, 0.25) is 11.8 Å². The molecule has 2 aromatic rings. The van der Waals surface area contributed by atoms with Crippen LogP contribution in [0.2, 0.25) is 0 Å². The molecule has 51 heavy (non-hydrogen) atoms. The lowest BCUT2D eigenvalue weighted by Gasteiger charge is -2.44. The molecule has 0 aromatic heterocycles. The van der Waals surface area contributed by atoms with Gasteiger partial charge in [0.1, 0.15) is 16.9 Å². The van der Waals surface area contributed by atoms with Gasteiger partial charge in [-0.25, -0.2) is 4.79 Å². The standard InChI is InChI=1S/C42H64N2O7/c1-15-42(16-2)35(49)43(23-27(45)17-25-19-29(38(3,4)5)33(47)30(20-25)39(6,7)8)37(51)44(36(42)50)24-28(46)18-26-21-31(40(9,10)11)34(48)32(22-26)41(12,13)14/h19-22,27-28,45-48H,15-18,23-24H2,1-14H3. The molecule has 1 heterocycles. The zero-order valence-corrected chi connectivity index (χ0v) is 33.6. The number of amides is 4. The van der Waals surface area contributed by atoms with E-state index in [-0.39, 0.29) is 71.9 Å². The van der Waals surface area contributed by atoms with Gasteiger partial charge in [-0.3, -0.25) is 19.4 Å². The number of hydrogen-bond acceptors (Lipinski definition) is 7. The second-order valence-electron chi connectivity index (χ2n) is 18.7. The van der Waals surface area contributed by atoms with Crippen LogP contribution in [0.25, 0.3) is 0 Å². The molecule has 0 saturated carbocycles. The number of benzene rings is 2. The van der Waals surface area contributed by atoms with E-state index in [1.165, 1.54) is 0 Å². The number of carbonyl (C=O) groups excluding carboxylic acids is 3. The first kappa shape index (κ1) is 42.0. The number of hydrogen-bond donors (Lipinski definition) is 4. The molecule has 0 spiro atoms. The molecular formula is C42H64N2O7. The molecule has 1 fully saturated rings. The Balaban J connectivity index is 1.96. The van der Waals surface area contributed by atoms with Crippen LogP contribution in [0.3, 0.4) is 0 Å². The number of aromatic hydroxyl groups is 2. The molecule has 4 amide bonds. The highest BCUT2D eigenvalue weighted by Crippen LogP contribution is 2.42. The Hall–Kier alpha value is -3.43. The maximum absolute atomic E-state index is 14.0. The second kappa shape index (κ2) is 14.5. The predicted molar refractivity (Wildman–Crippen MR) is 202 cm³/mol. The summed E-state index contributed by atoms with van der Waals surface area (Å²) in [5.74, 6) is -0.858. The highest BCUT2D eigenvalue weighted by Gasteiger charge is 2.55. The van der Waals surface area contributed by atoms with Gasteiger partial charge >= 0.3 is 6.03 Å². The summed E-state index contributed by atoms with van der Waals surface area (Å²) in [7, 11) is 0. The van der Waals surface area contributed by atoms with Crippen LogP contribution in [-0.2, 0) is 44.1 Å². The Labute approximate surface area is 306 Å². The van der Waals surface area contributed by atoms with Crippen LogP contribution in [-0.4, -0.2) is 73.4 Å². The number of rotatable bonds is 10. The quantitative estimate of drug-likeness (QED) is 0.189. The first-order valence-corrected chi connectivity index (χ1v) is 18.4. The van der Waals surface area contributed by atoms with Crippen LogP contribution >= 0.6 is 0 Å². The van der Waals surface area contributed by atoms with Crippen molar-refractivity contribution in [3.05, 3.63) is 57.6 Å². The summed E-state index contributed by atoms with van der Waals surface area (Å²) < 4.78 is 0. The van der Waals surface area contributed by atoms with E-state index in [0.29, 0.717) is 0 Å². The molecular weight excluding hydrogens is 644 g/mol. The Morgan fingerprint density at radius 3 is 1.02 bits per heavy atom. The van der Waals surface area contributed by atoms with Crippen molar-refractivity contribution in [2.24, 2.45) is 5.41 Å². The number of barbiturate groups is 1. The number of phenols is 2. The van der Waals surface area contributed by atoms with Crippen molar-refractivity contribution in [3.63, 3.8) is 0 Å². The minimum Gasteiger partial charge on any atom is -0.507 e. The smallest absolute Gasteiger partial charge is 0.333 e. The van der Waals surface area contributed by atoms with E-state index in [1.54, 1.807) is 13.8 Å². The van der Waals surface area contributed by atoms with Crippen LogP contribution in [0.5, 0.6) is 11.5 Å². The van der Waals surface area contributed by atoms with E-state index >= 15 is 0 Å². The second-order valence-corrected chi connectivity index (χ2v) is 18.7. The minimum atomic E-state index is -1.51. The van der Waals surface area contributed by atoms with E-state index in [1.807, 2.05) is 107 Å². The Kier molecular flexibility index (Phi) is 12.0. The van der Waals surface area contributed by atoms with Crippen molar-refractivity contribution in [1.82, 2.24) is 9.80 Å². The van der Waals surface area contributed by atoms with Crippen molar-refractivity contribution in [1.29, 1.82) is 0 Å². The lowest BCUT2D eigenvalue weighted by atomic mass is 9.77. The van der Waals surface area contributed by atoms with E-state index < -0.39 is 35.5 Å². The summed E-state index contributed by atoms with van der Waals surface area (Å²) in [6.45, 7) is 26.8. The van der Waals surface area contributed by atoms with Crippen molar-refractivity contribution in [3.8, 4) is 11.5 Å². The van der Waals surface area contributed by atoms with E-state index in [4.69, 9.17) is 0 Å². The number of aliphatic hydroxyl groups excluding tert-OH is 2. The normalized spacial score (nSPS) is 17.3. The summed E-state index contributed by atoms with van der Waals surface area (Å²) in [5.41, 5.74) is 1.43. The molecule has 9 nitrogen and oxygen atoms in total. The zero-order chi connectivity index (χ0) is 39.2. The Bertz CT molecular complexity index is 1440. The van der Waals surface area contributed by atoms with Gasteiger partial charge in [0.05, 0.1) is 25.3 Å². The summed E-state index contributed by atoms with van der Waals surface area (Å²) >= 11 is 0. The molecule has 0 aliphatic carbocycles. The number of carbonyl (C=O) groups is 3. The lowest BCUT2D eigenvalue weighted by molar-refractivity contribution is -0.161. The average molecular weight is 709 g/mol. The molecule has 0 bridgehead atoms. The van der Waals surface area contributed by atoms with Crippen LogP contribution in [0.1, 0.15) is 143 Å². The summed E-state index contributed by atoms with van der Waals surface area (Å²) in [4.78, 5) is 43.9. The predicted octanol–water partition coefficient (Wildman–Crippen LogP) is 7.39. The number of aliphatic hydroxyl groups is 2. The van der Waals surface area contributed by atoms with Gasteiger partial charge in [0, 0.05) is 12.8 Å². The van der Waals surface area contributed by atoms with Gasteiger partial charge in [-0.2, -0.15) is 0 Å². The van der Waals surface area contributed by atoms with Crippen molar-refractivity contribution >= 4 is 17.8 Å². The average Bonchev–Trinajstić information content (AvgIpc) is 2.97.